The second-order valence-electron chi connectivity index (χ2n) is 12.1. The molecule has 6 nitrogen and oxygen atoms in total. The van der Waals surface area contributed by atoms with E-state index < -0.39 is 6.10 Å². The number of unbranched alkanes of at least 4 members (excludes halogenated alkanes) is 4. The van der Waals surface area contributed by atoms with E-state index in [2.05, 4.69) is 65.0 Å². The number of hydrogen-bond acceptors (Lipinski definition) is 6. The van der Waals surface area contributed by atoms with Gasteiger partial charge in [0.05, 0.1) is 18.7 Å². The molecule has 2 aromatic rings. The minimum Gasteiger partial charge on any atom is -0.495 e. The molecule has 45 heavy (non-hydrogen) atoms. The smallest absolute Gasteiger partial charge is 0.138 e. The lowest BCUT2D eigenvalue weighted by Gasteiger charge is -2.46. The second-order valence-corrected chi connectivity index (χ2v) is 12.5. The molecule has 0 amide bonds. The SMILES string of the molecule is CCCCOC[C@H]1OC(c2cc(Cc3ccc(CC)cc3)c(Cl)c(OC)c2)[C@H](OCCCC)[C@@H](OCCCC)[C@@H]1OCCCC. The maximum absolute atomic E-state index is 7.00. The van der Waals surface area contributed by atoms with E-state index in [0.717, 1.165) is 68.9 Å². The maximum atomic E-state index is 7.00. The number of benzene rings is 2. The van der Waals surface area contributed by atoms with Gasteiger partial charge >= 0.3 is 0 Å². The van der Waals surface area contributed by atoms with Crippen molar-refractivity contribution in [1.82, 2.24) is 0 Å². The monoisotopic (exact) mass is 646 g/mol. The third-order valence-electron chi connectivity index (χ3n) is 8.49. The van der Waals surface area contributed by atoms with Gasteiger partial charge in [0.15, 0.2) is 0 Å². The molecule has 0 bridgehead atoms. The fourth-order valence-electron chi connectivity index (χ4n) is 5.66. The third kappa shape index (κ3) is 11.5. The van der Waals surface area contributed by atoms with Crippen LogP contribution < -0.4 is 4.74 Å². The van der Waals surface area contributed by atoms with E-state index in [1.807, 2.05) is 6.07 Å². The fourth-order valence-corrected chi connectivity index (χ4v) is 5.91. The van der Waals surface area contributed by atoms with Crippen LogP contribution in [0.25, 0.3) is 0 Å². The highest BCUT2D eigenvalue weighted by Crippen LogP contribution is 2.41. The minimum atomic E-state index is -0.410. The van der Waals surface area contributed by atoms with Crippen LogP contribution in [0.1, 0.15) is 114 Å². The van der Waals surface area contributed by atoms with Crippen molar-refractivity contribution in [1.29, 1.82) is 0 Å². The Balaban J connectivity index is 2.06. The fraction of sp³-hybridized carbons (Fsp3) is 0.684. The van der Waals surface area contributed by atoms with Gasteiger partial charge in [-0.05, 0) is 66.8 Å². The molecule has 1 unspecified atom stereocenters. The molecular weight excluding hydrogens is 588 g/mol. The van der Waals surface area contributed by atoms with E-state index >= 15 is 0 Å². The molecule has 1 aliphatic heterocycles. The topological polar surface area (TPSA) is 55.4 Å². The van der Waals surface area contributed by atoms with Gasteiger partial charge in [-0.25, -0.2) is 0 Å². The molecular formula is C38H59ClO6. The third-order valence-corrected chi connectivity index (χ3v) is 8.92. The molecule has 0 N–H and O–H groups in total. The summed E-state index contributed by atoms with van der Waals surface area (Å²) < 4.78 is 39.0. The van der Waals surface area contributed by atoms with Gasteiger partial charge in [-0.2, -0.15) is 0 Å². The Hall–Kier alpha value is -1.67. The van der Waals surface area contributed by atoms with Gasteiger partial charge in [-0.1, -0.05) is 102 Å². The zero-order valence-corrected chi connectivity index (χ0v) is 29.5. The van der Waals surface area contributed by atoms with Crippen LogP contribution in [-0.4, -0.2) is 64.6 Å². The lowest BCUT2D eigenvalue weighted by molar-refractivity contribution is -0.268. The van der Waals surface area contributed by atoms with Gasteiger partial charge in [-0.3, -0.25) is 0 Å². The molecule has 1 fully saturated rings. The minimum absolute atomic E-state index is 0.302. The van der Waals surface area contributed by atoms with Gasteiger partial charge in [-0.15, -0.1) is 0 Å². The Bertz CT molecular complexity index is 1080. The Morgan fingerprint density at radius 2 is 1.24 bits per heavy atom. The number of ether oxygens (including phenoxy) is 6. The molecule has 0 aromatic heterocycles. The quantitative estimate of drug-likeness (QED) is 0.119. The van der Waals surface area contributed by atoms with Crippen molar-refractivity contribution >= 4 is 11.6 Å². The van der Waals surface area contributed by atoms with Crippen molar-refractivity contribution in [3.05, 3.63) is 63.7 Å². The van der Waals surface area contributed by atoms with Crippen molar-refractivity contribution in [3.63, 3.8) is 0 Å². The summed E-state index contributed by atoms with van der Waals surface area (Å²) in [6.45, 7) is 13.9. The first-order valence-corrected chi connectivity index (χ1v) is 17.9. The van der Waals surface area contributed by atoms with E-state index in [1.165, 1.54) is 11.1 Å². The van der Waals surface area contributed by atoms with E-state index in [1.54, 1.807) is 7.11 Å². The molecule has 254 valence electrons. The van der Waals surface area contributed by atoms with Crippen LogP contribution in [0.3, 0.4) is 0 Å². The Kier molecular flexibility index (Phi) is 17.8. The molecule has 5 atom stereocenters. The first kappa shape index (κ1) is 37.8. The normalized spacial score (nSPS) is 21.7. The predicted octanol–water partition coefficient (Wildman–Crippen LogP) is 9.31. The summed E-state index contributed by atoms with van der Waals surface area (Å²) in [4.78, 5) is 0. The van der Waals surface area contributed by atoms with Crippen LogP contribution in [0.15, 0.2) is 36.4 Å². The van der Waals surface area contributed by atoms with Crippen LogP contribution >= 0.6 is 11.6 Å². The Labute approximate surface area is 278 Å². The number of rotatable bonds is 22. The Morgan fingerprint density at radius 3 is 1.82 bits per heavy atom. The van der Waals surface area contributed by atoms with E-state index in [-0.39, 0.29) is 24.4 Å². The van der Waals surface area contributed by atoms with Gasteiger partial charge in [0, 0.05) is 26.4 Å². The molecule has 0 saturated carbocycles. The molecule has 2 aromatic carbocycles. The Morgan fingerprint density at radius 1 is 0.689 bits per heavy atom. The van der Waals surface area contributed by atoms with E-state index in [4.69, 9.17) is 40.0 Å². The van der Waals surface area contributed by atoms with Crippen molar-refractivity contribution in [2.24, 2.45) is 0 Å². The number of aryl methyl sites for hydroxylation is 1. The summed E-state index contributed by atoms with van der Waals surface area (Å²) >= 11 is 6.94. The van der Waals surface area contributed by atoms with Crippen LogP contribution in [0.5, 0.6) is 5.75 Å². The number of halogens is 1. The first-order valence-electron chi connectivity index (χ1n) is 17.5. The van der Waals surface area contributed by atoms with Crippen LogP contribution in [0.2, 0.25) is 5.02 Å². The largest absolute Gasteiger partial charge is 0.495 e. The molecule has 1 heterocycles. The van der Waals surface area contributed by atoms with Gasteiger partial charge in [0.2, 0.25) is 0 Å². The second kappa shape index (κ2) is 21.3. The van der Waals surface area contributed by atoms with Gasteiger partial charge in [0.25, 0.3) is 0 Å². The van der Waals surface area contributed by atoms with Crippen molar-refractivity contribution in [2.45, 2.75) is 129 Å². The lowest BCUT2D eigenvalue weighted by atomic mass is 9.89. The van der Waals surface area contributed by atoms with Gasteiger partial charge < -0.3 is 28.4 Å². The summed E-state index contributed by atoms with van der Waals surface area (Å²) in [5.41, 5.74) is 4.47. The number of methoxy groups -OCH3 is 1. The van der Waals surface area contributed by atoms with E-state index in [0.29, 0.717) is 50.2 Å². The van der Waals surface area contributed by atoms with Crippen molar-refractivity contribution in [3.8, 4) is 5.75 Å². The number of hydrogen-bond donors (Lipinski definition) is 0. The molecule has 1 aliphatic rings. The average molecular weight is 647 g/mol. The molecule has 3 rings (SSSR count). The summed E-state index contributed by atoms with van der Waals surface area (Å²) in [7, 11) is 1.67. The molecule has 0 radical (unpaired) electrons. The predicted molar refractivity (Wildman–Crippen MR) is 184 cm³/mol. The molecule has 1 saturated heterocycles. The van der Waals surface area contributed by atoms with Crippen LogP contribution in [0.4, 0.5) is 0 Å². The van der Waals surface area contributed by atoms with Gasteiger partial charge in [0.1, 0.15) is 36.3 Å². The summed E-state index contributed by atoms with van der Waals surface area (Å²) in [6, 6.07) is 12.9. The highest BCUT2D eigenvalue weighted by atomic mass is 35.5. The average Bonchev–Trinajstić information content (AvgIpc) is 3.06. The molecule has 0 spiro atoms. The summed E-state index contributed by atoms with van der Waals surface area (Å²) in [5, 5.41) is 0.621. The van der Waals surface area contributed by atoms with E-state index in [9.17, 15) is 0 Å². The molecule has 0 aliphatic carbocycles. The van der Waals surface area contributed by atoms with Crippen LogP contribution in [0, 0.1) is 0 Å². The van der Waals surface area contributed by atoms with Crippen LogP contribution in [-0.2, 0) is 36.5 Å². The highest BCUT2D eigenvalue weighted by Gasteiger charge is 2.49. The van der Waals surface area contributed by atoms with Crippen molar-refractivity contribution < 1.29 is 28.4 Å². The summed E-state index contributed by atoms with van der Waals surface area (Å²) in [6.07, 6.45) is 8.13. The summed E-state index contributed by atoms with van der Waals surface area (Å²) in [5.74, 6) is 0.630. The standard InChI is InChI=1S/C38H59ClO6/c1-7-12-20-41-27-33-36(42-21-13-8-2)38(44-23-15-10-4)37(43-22-14-9-3)35(45-33)31-25-30(34(39)32(26-31)40-6)24-29-18-16-28(11-5)17-19-29/h16-19,25-26,33,35-38H,7-15,20-24,27H2,1-6H3/t33-,35?,36-,37+,38+/m1/s1. The maximum Gasteiger partial charge on any atom is 0.138 e. The highest BCUT2D eigenvalue weighted by molar-refractivity contribution is 6.32. The lowest BCUT2D eigenvalue weighted by Crippen LogP contribution is -2.58. The first-order chi connectivity index (χ1) is 22.0. The zero-order chi connectivity index (χ0) is 32.4. The molecule has 7 heteroatoms. The zero-order valence-electron chi connectivity index (χ0n) is 28.8. The van der Waals surface area contributed by atoms with Crippen molar-refractivity contribution in [2.75, 3.05) is 40.1 Å².